The molecule has 0 aliphatic carbocycles. The average Bonchev–Trinajstić information content (AvgIpc) is 2.09. The van der Waals surface area contributed by atoms with Crippen molar-refractivity contribution in [3.05, 3.63) is 0 Å². The molecule has 0 aromatic rings. The number of ether oxygens (including phenoxy) is 2. The van der Waals surface area contributed by atoms with Crippen LogP contribution in [0.2, 0.25) is 0 Å². The Morgan fingerprint density at radius 1 is 1.15 bits per heavy atom. The highest BCUT2D eigenvalue weighted by Gasteiger charge is 1.93. The highest BCUT2D eigenvalue weighted by atomic mass is 16.5. The van der Waals surface area contributed by atoms with Gasteiger partial charge in [0.05, 0.1) is 13.2 Å². The number of amides is 1. The molecule has 5 heteroatoms. The Labute approximate surface area is 77.8 Å². The summed E-state index contributed by atoms with van der Waals surface area (Å²) in [5.74, 6) is -0.472. The van der Waals surface area contributed by atoms with Crippen molar-refractivity contribution in [1.29, 1.82) is 0 Å². The zero-order valence-corrected chi connectivity index (χ0v) is 7.70. The number of nitrogens with two attached hydrogens (primary N) is 1. The molecule has 0 aromatic heterocycles. The van der Waals surface area contributed by atoms with Crippen LogP contribution in [0, 0.1) is 0 Å². The predicted octanol–water partition coefficient (Wildman–Crippen LogP) is -0.723. The maximum Gasteiger partial charge on any atom is 0.243 e. The zero-order valence-electron chi connectivity index (χ0n) is 7.70. The van der Waals surface area contributed by atoms with Crippen LogP contribution in [0.4, 0.5) is 0 Å². The molecule has 0 aliphatic heterocycles. The Balaban J connectivity index is 2.87. The van der Waals surface area contributed by atoms with E-state index in [4.69, 9.17) is 20.3 Å². The van der Waals surface area contributed by atoms with Gasteiger partial charge in [0.15, 0.2) is 0 Å². The van der Waals surface area contributed by atoms with Gasteiger partial charge in [-0.1, -0.05) is 0 Å². The second-order valence-corrected chi connectivity index (χ2v) is 2.56. The van der Waals surface area contributed by atoms with Crippen LogP contribution in [0.5, 0.6) is 0 Å². The third-order valence-corrected chi connectivity index (χ3v) is 1.31. The Morgan fingerprint density at radius 2 is 1.85 bits per heavy atom. The van der Waals surface area contributed by atoms with Gasteiger partial charge in [0.1, 0.15) is 6.61 Å². The number of hydrogen-bond donors (Lipinski definition) is 2. The number of primary amides is 1. The molecular weight excluding hydrogens is 174 g/mol. The Bertz CT molecular complexity index is 129. The summed E-state index contributed by atoms with van der Waals surface area (Å²) < 4.78 is 9.98. The summed E-state index contributed by atoms with van der Waals surface area (Å²) in [4.78, 5) is 10.2. The Morgan fingerprint density at radius 3 is 2.46 bits per heavy atom. The number of hydrogen-bond acceptors (Lipinski definition) is 4. The van der Waals surface area contributed by atoms with Crippen LogP contribution in [-0.2, 0) is 14.3 Å². The number of rotatable bonds is 9. The largest absolute Gasteiger partial charge is 0.396 e. The van der Waals surface area contributed by atoms with Gasteiger partial charge in [-0.2, -0.15) is 0 Å². The first-order valence-corrected chi connectivity index (χ1v) is 4.32. The molecule has 0 spiro atoms. The van der Waals surface area contributed by atoms with Crippen molar-refractivity contribution in [1.82, 2.24) is 0 Å². The first-order chi connectivity index (χ1) is 6.27. The molecule has 78 valence electrons. The van der Waals surface area contributed by atoms with Crippen LogP contribution in [0.1, 0.15) is 12.8 Å². The molecule has 0 saturated heterocycles. The minimum absolute atomic E-state index is 0.0556. The molecule has 0 radical (unpaired) electrons. The van der Waals surface area contributed by atoms with E-state index in [1.165, 1.54) is 0 Å². The van der Waals surface area contributed by atoms with E-state index in [9.17, 15) is 4.79 Å². The molecule has 13 heavy (non-hydrogen) atoms. The number of aliphatic hydroxyl groups is 1. The first-order valence-electron chi connectivity index (χ1n) is 4.32. The van der Waals surface area contributed by atoms with Gasteiger partial charge in [-0.05, 0) is 12.8 Å². The lowest BCUT2D eigenvalue weighted by Gasteiger charge is -2.03. The summed E-state index contributed by atoms with van der Waals surface area (Å²) in [5.41, 5.74) is 4.84. The highest BCUT2D eigenvalue weighted by molar-refractivity contribution is 5.74. The van der Waals surface area contributed by atoms with Crippen LogP contribution >= 0.6 is 0 Å². The molecule has 1 amide bonds. The van der Waals surface area contributed by atoms with E-state index in [1.807, 2.05) is 0 Å². The third-order valence-electron chi connectivity index (χ3n) is 1.31. The second-order valence-electron chi connectivity index (χ2n) is 2.56. The molecular formula is C8H17NO4. The quantitative estimate of drug-likeness (QED) is 0.471. The van der Waals surface area contributed by atoms with Gasteiger partial charge in [0, 0.05) is 13.2 Å². The van der Waals surface area contributed by atoms with Crippen LogP contribution in [0.25, 0.3) is 0 Å². The van der Waals surface area contributed by atoms with Crippen molar-refractivity contribution >= 4 is 5.91 Å². The van der Waals surface area contributed by atoms with Crippen LogP contribution in [0.15, 0.2) is 0 Å². The number of unbranched alkanes of at least 4 members (excludes halogenated alkanes) is 1. The zero-order chi connectivity index (χ0) is 9.94. The Kier molecular flexibility index (Phi) is 8.97. The summed E-state index contributed by atoms with van der Waals surface area (Å²) in [6.07, 6.45) is 1.59. The van der Waals surface area contributed by atoms with Crippen LogP contribution in [0.3, 0.4) is 0 Å². The molecule has 0 bridgehead atoms. The normalized spacial score (nSPS) is 10.2. The maximum absolute atomic E-state index is 10.2. The summed E-state index contributed by atoms with van der Waals surface area (Å²) in [6.45, 7) is 1.59. The lowest BCUT2D eigenvalue weighted by Crippen LogP contribution is -2.19. The van der Waals surface area contributed by atoms with Crippen molar-refractivity contribution in [2.75, 3.05) is 33.0 Å². The maximum atomic E-state index is 10.2. The van der Waals surface area contributed by atoms with E-state index < -0.39 is 5.91 Å². The van der Waals surface area contributed by atoms with Crippen molar-refractivity contribution in [3.8, 4) is 0 Å². The topological polar surface area (TPSA) is 81.8 Å². The average molecular weight is 191 g/mol. The SMILES string of the molecule is NC(=O)COCCOCCCCO. The van der Waals surface area contributed by atoms with Crippen molar-refractivity contribution in [2.45, 2.75) is 12.8 Å². The summed E-state index contributed by atoms with van der Waals surface area (Å²) in [5, 5.41) is 8.44. The Hall–Kier alpha value is -0.650. The summed E-state index contributed by atoms with van der Waals surface area (Å²) in [7, 11) is 0. The number of aliphatic hydroxyl groups excluding tert-OH is 1. The van der Waals surface area contributed by atoms with E-state index in [0.29, 0.717) is 19.8 Å². The molecule has 0 aromatic carbocycles. The molecule has 5 nitrogen and oxygen atoms in total. The van der Waals surface area contributed by atoms with E-state index >= 15 is 0 Å². The first kappa shape index (κ1) is 12.3. The van der Waals surface area contributed by atoms with E-state index in [-0.39, 0.29) is 13.2 Å². The molecule has 0 saturated carbocycles. The number of carbonyl (C=O) groups is 1. The lowest BCUT2D eigenvalue weighted by atomic mass is 10.3. The predicted molar refractivity (Wildman–Crippen MR) is 47.2 cm³/mol. The fourth-order valence-corrected chi connectivity index (χ4v) is 0.709. The van der Waals surface area contributed by atoms with E-state index in [0.717, 1.165) is 12.8 Å². The van der Waals surface area contributed by atoms with Crippen molar-refractivity contribution in [2.24, 2.45) is 5.73 Å². The van der Waals surface area contributed by atoms with Gasteiger partial charge in [-0.3, -0.25) is 4.79 Å². The van der Waals surface area contributed by atoms with Gasteiger partial charge in [0.2, 0.25) is 5.91 Å². The lowest BCUT2D eigenvalue weighted by molar-refractivity contribution is -0.123. The van der Waals surface area contributed by atoms with Crippen molar-refractivity contribution < 1.29 is 19.4 Å². The molecule has 0 atom stereocenters. The molecule has 0 heterocycles. The van der Waals surface area contributed by atoms with Gasteiger partial charge < -0.3 is 20.3 Å². The van der Waals surface area contributed by atoms with Crippen LogP contribution in [-0.4, -0.2) is 44.0 Å². The van der Waals surface area contributed by atoms with E-state index in [1.54, 1.807) is 0 Å². The number of carbonyl (C=O) groups excluding carboxylic acids is 1. The summed E-state index contributed by atoms with van der Waals surface area (Å²) in [6, 6.07) is 0. The van der Waals surface area contributed by atoms with Gasteiger partial charge in [-0.15, -0.1) is 0 Å². The van der Waals surface area contributed by atoms with Gasteiger partial charge in [-0.25, -0.2) is 0 Å². The standard InChI is InChI=1S/C8H17NO4/c9-8(11)7-13-6-5-12-4-2-1-3-10/h10H,1-7H2,(H2,9,11). The van der Waals surface area contributed by atoms with Crippen LogP contribution < -0.4 is 5.73 Å². The molecule has 3 N–H and O–H groups in total. The molecule has 0 aliphatic rings. The molecule has 0 rings (SSSR count). The fraction of sp³-hybridized carbons (Fsp3) is 0.875. The minimum Gasteiger partial charge on any atom is -0.396 e. The summed E-state index contributed by atoms with van der Waals surface area (Å²) >= 11 is 0. The second kappa shape index (κ2) is 9.44. The minimum atomic E-state index is -0.472. The fourth-order valence-electron chi connectivity index (χ4n) is 0.709. The smallest absolute Gasteiger partial charge is 0.243 e. The highest BCUT2D eigenvalue weighted by Crippen LogP contribution is 1.88. The molecule has 0 fully saturated rings. The van der Waals surface area contributed by atoms with Crippen molar-refractivity contribution in [3.63, 3.8) is 0 Å². The van der Waals surface area contributed by atoms with Gasteiger partial charge >= 0.3 is 0 Å². The van der Waals surface area contributed by atoms with Gasteiger partial charge in [0.25, 0.3) is 0 Å². The van der Waals surface area contributed by atoms with E-state index in [2.05, 4.69) is 0 Å². The monoisotopic (exact) mass is 191 g/mol. The molecule has 0 unspecified atom stereocenters. The third kappa shape index (κ3) is 11.3.